The van der Waals surface area contributed by atoms with Crippen LogP contribution < -0.4 is 0 Å². The summed E-state index contributed by atoms with van der Waals surface area (Å²) in [5.74, 6) is -0.844. The van der Waals surface area contributed by atoms with Gasteiger partial charge in [-0.2, -0.15) is 0 Å². The van der Waals surface area contributed by atoms with Crippen molar-refractivity contribution < 1.29 is 9.59 Å². The minimum absolute atomic E-state index is 0.0281. The number of carbonyl (C=O) groups excluding carboxylic acids is 2. The predicted molar refractivity (Wildman–Crippen MR) is 63.0 cm³/mol. The van der Waals surface area contributed by atoms with Gasteiger partial charge in [0.2, 0.25) is 0 Å². The molecule has 16 heavy (non-hydrogen) atoms. The van der Waals surface area contributed by atoms with Crippen molar-refractivity contribution in [3.8, 4) is 0 Å². The van der Waals surface area contributed by atoms with E-state index in [1.807, 2.05) is 0 Å². The van der Waals surface area contributed by atoms with Gasteiger partial charge in [0.15, 0.2) is 11.6 Å². The van der Waals surface area contributed by atoms with Gasteiger partial charge in [-0.1, -0.05) is 42.0 Å². The lowest BCUT2D eigenvalue weighted by Gasteiger charge is -2.29. The molecule has 0 heterocycles. The lowest BCUT2D eigenvalue weighted by atomic mass is 9.71. The first-order chi connectivity index (χ1) is 7.70. The summed E-state index contributed by atoms with van der Waals surface area (Å²) >= 11 is 5.63. The average molecular weight is 235 g/mol. The summed E-state index contributed by atoms with van der Waals surface area (Å²) < 4.78 is 0. The smallest absolute Gasteiger partial charge is 0.172 e. The molecule has 2 rings (SSSR count). The Kier molecular flexibility index (Phi) is 2.92. The molecule has 2 nitrogen and oxygen atoms in total. The SMILES string of the molecule is C/C=C1/C(=O)C2C=CC=CC2C(=O)/C1=C/Cl. The minimum Gasteiger partial charge on any atom is -0.293 e. The first kappa shape index (κ1) is 11.1. The van der Waals surface area contributed by atoms with Crippen LogP contribution in [-0.2, 0) is 9.59 Å². The molecule has 0 aromatic heterocycles. The molecular weight excluding hydrogens is 224 g/mol. The molecule has 0 amide bonds. The Balaban J connectivity index is 2.52. The van der Waals surface area contributed by atoms with E-state index < -0.39 is 0 Å². The maximum atomic E-state index is 12.1. The zero-order valence-electron chi connectivity index (χ0n) is 8.81. The Morgan fingerprint density at radius 3 is 2.00 bits per heavy atom. The molecule has 3 heteroatoms. The number of allylic oxidation sites excluding steroid dienone is 7. The molecule has 2 aliphatic carbocycles. The summed E-state index contributed by atoms with van der Waals surface area (Å²) in [7, 11) is 0. The van der Waals surface area contributed by atoms with Crippen molar-refractivity contribution in [3.05, 3.63) is 47.1 Å². The number of hydrogen-bond acceptors (Lipinski definition) is 2. The van der Waals surface area contributed by atoms with Crippen molar-refractivity contribution in [1.82, 2.24) is 0 Å². The molecule has 2 unspecified atom stereocenters. The third-order valence-corrected chi connectivity index (χ3v) is 3.18. The van der Waals surface area contributed by atoms with Crippen molar-refractivity contribution in [1.29, 1.82) is 0 Å². The summed E-state index contributed by atoms with van der Waals surface area (Å²) in [6.45, 7) is 1.74. The summed E-state index contributed by atoms with van der Waals surface area (Å²) in [6.07, 6.45) is 8.78. The standard InChI is InChI=1S/C13H11ClO2/c1-2-8-11(7-14)13(16)10-6-4-3-5-9(10)12(8)15/h2-7,9-10H,1H3/b8-2+,11-7+. The number of hydrogen-bond donors (Lipinski definition) is 0. The van der Waals surface area contributed by atoms with Gasteiger partial charge < -0.3 is 0 Å². The van der Waals surface area contributed by atoms with Crippen molar-refractivity contribution in [2.75, 3.05) is 0 Å². The van der Waals surface area contributed by atoms with E-state index in [0.29, 0.717) is 11.1 Å². The van der Waals surface area contributed by atoms with E-state index in [1.54, 1.807) is 37.3 Å². The minimum atomic E-state index is -0.383. The van der Waals surface area contributed by atoms with Gasteiger partial charge >= 0.3 is 0 Å². The van der Waals surface area contributed by atoms with E-state index in [-0.39, 0.29) is 23.4 Å². The van der Waals surface area contributed by atoms with Crippen LogP contribution >= 0.6 is 11.6 Å². The van der Waals surface area contributed by atoms with E-state index in [0.717, 1.165) is 0 Å². The lowest BCUT2D eigenvalue weighted by Crippen LogP contribution is -2.37. The topological polar surface area (TPSA) is 34.1 Å². The van der Waals surface area contributed by atoms with E-state index in [1.165, 1.54) is 5.54 Å². The second kappa shape index (κ2) is 4.22. The highest BCUT2D eigenvalue weighted by molar-refractivity contribution is 6.31. The molecule has 0 aliphatic heterocycles. The van der Waals surface area contributed by atoms with Gasteiger partial charge in [0, 0.05) is 16.7 Å². The van der Waals surface area contributed by atoms with Crippen LogP contribution in [-0.4, -0.2) is 11.6 Å². The molecule has 0 aromatic carbocycles. The highest BCUT2D eigenvalue weighted by Crippen LogP contribution is 2.35. The van der Waals surface area contributed by atoms with Crippen LogP contribution in [0.5, 0.6) is 0 Å². The molecule has 0 radical (unpaired) electrons. The summed E-state index contributed by atoms with van der Waals surface area (Å²) in [5, 5.41) is 0. The number of halogens is 1. The molecule has 2 atom stereocenters. The van der Waals surface area contributed by atoms with Gasteiger partial charge in [-0.3, -0.25) is 9.59 Å². The van der Waals surface area contributed by atoms with Crippen molar-refractivity contribution >= 4 is 23.2 Å². The Morgan fingerprint density at radius 2 is 1.56 bits per heavy atom. The largest absolute Gasteiger partial charge is 0.293 e. The lowest BCUT2D eigenvalue weighted by molar-refractivity contribution is -0.127. The third-order valence-electron chi connectivity index (χ3n) is 2.96. The van der Waals surface area contributed by atoms with Gasteiger partial charge in [0.05, 0.1) is 11.8 Å². The molecule has 1 saturated carbocycles. The van der Waals surface area contributed by atoms with Gasteiger partial charge in [-0.05, 0) is 6.92 Å². The number of carbonyl (C=O) groups is 2. The highest BCUT2D eigenvalue weighted by atomic mass is 35.5. The number of Topliss-reactive ketones (excluding diaryl/α,β-unsaturated/α-hetero) is 2. The number of ketones is 2. The average Bonchev–Trinajstić information content (AvgIpc) is 2.33. The van der Waals surface area contributed by atoms with Crippen molar-refractivity contribution in [3.63, 3.8) is 0 Å². The van der Waals surface area contributed by atoms with Gasteiger partial charge in [-0.25, -0.2) is 0 Å². The highest BCUT2D eigenvalue weighted by Gasteiger charge is 2.41. The van der Waals surface area contributed by atoms with Crippen molar-refractivity contribution in [2.24, 2.45) is 11.8 Å². The van der Waals surface area contributed by atoms with Gasteiger partial charge in [-0.15, -0.1) is 0 Å². The van der Waals surface area contributed by atoms with Gasteiger partial charge in [0.25, 0.3) is 0 Å². The molecule has 2 aliphatic rings. The third kappa shape index (κ3) is 1.50. The van der Waals surface area contributed by atoms with Crippen LogP contribution in [0.4, 0.5) is 0 Å². The van der Waals surface area contributed by atoms with E-state index in [9.17, 15) is 9.59 Å². The zero-order chi connectivity index (χ0) is 11.7. The quantitative estimate of drug-likeness (QED) is 0.604. The molecule has 0 bridgehead atoms. The van der Waals surface area contributed by atoms with Crippen LogP contribution in [0.25, 0.3) is 0 Å². The number of rotatable bonds is 0. The van der Waals surface area contributed by atoms with Crippen LogP contribution in [0.1, 0.15) is 6.92 Å². The second-order valence-electron chi connectivity index (χ2n) is 3.78. The number of fused-ring (bicyclic) bond motifs is 1. The summed E-state index contributed by atoms with van der Waals surface area (Å²) in [4.78, 5) is 24.2. The molecule has 0 aromatic rings. The summed E-state index contributed by atoms with van der Waals surface area (Å²) in [5.41, 5.74) is 1.97. The fraction of sp³-hybridized carbons (Fsp3) is 0.231. The fourth-order valence-corrected chi connectivity index (χ4v) is 2.37. The zero-order valence-corrected chi connectivity index (χ0v) is 9.57. The van der Waals surface area contributed by atoms with Crippen LogP contribution in [0.15, 0.2) is 47.1 Å². The van der Waals surface area contributed by atoms with Crippen LogP contribution in [0, 0.1) is 11.8 Å². The molecule has 1 fully saturated rings. The van der Waals surface area contributed by atoms with E-state index in [4.69, 9.17) is 11.6 Å². The Morgan fingerprint density at radius 1 is 1.06 bits per heavy atom. The molecule has 0 N–H and O–H groups in total. The Hall–Kier alpha value is -1.41. The second-order valence-corrected chi connectivity index (χ2v) is 3.99. The van der Waals surface area contributed by atoms with Gasteiger partial charge in [0.1, 0.15) is 0 Å². The van der Waals surface area contributed by atoms with Crippen LogP contribution in [0.2, 0.25) is 0 Å². The van der Waals surface area contributed by atoms with E-state index >= 15 is 0 Å². The molecule has 82 valence electrons. The fourth-order valence-electron chi connectivity index (χ4n) is 2.14. The molecule has 0 saturated heterocycles. The van der Waals surface area contributed by atoms with Crippen LogP contribution in [0.3, 0.4) is 0 Å². The normalized spacial score (nSPS) is 33.6. The molecular formula is C13H11ClO2. The maximum absolute atomic E-state index is 12.1. The maximum Gasteiger partial charge on any atom is 0.172 e. The Labute approximate surface area is 99.0 Å². The Bertz CT molecular complexity index is 422. The molecule has 0 spiro atoms. The van der Waals surface area contributed by atoms with Crippen molar-refractivity contribution in [2.45, 2.75) is 6.92 Å². The van der Waals surface area contributed by atoms with E-state index in [2.05, 4.69) is 0 Å². The first-order valence-electron chi connectivity index (χ1n) is 5.11. The predicted octanol–water partition coefficient (Wildman–Crippen LogP) is 2.57. The first-order valence-corrected chi connectivity index (χ1v) is 5.54. The monoisotopic (exact) mass is 234 g/mol. The summed E-state index contributed by atoms with van der Waals surface area (Å²) in [6, 6.07) is 0.